The van der Waals surface area contributed by atoms with Crippen LogP contribution in [-0.4, -0.2) is 5.78 Å². The predicted octanol–water partition coefficient (Wildman–Crippen LogP) is 4.01. The third kappa shape index (κ3) is 2.94. The Morgan fingerprint density at radius 3 is 2.44 bits per heavy atom. The van der Waals surface area contributed by atoms with E-state index in [1.807, 2.05) is 12.1 Å². The van der Waals surface area contributed by atoms with Crippen LogP contribution < -0.4 is 0 Å². The molecule has 0 aromatic heterocycles. The lowest BCUT2D eigenvalue weighted by Gasteiger charge is -2.02. The zero-order valence-electron chi connectivity index (χ0n) is 10.0. The van der Waals surface area contributed by atoms with Gasteiger partial charge in [-0.25, -0.2) is 0 Å². The number of hydrogen-bond donors (Lipinski definition) is 0. The molecular formula is C15H20O. The van der Waals surface area contributed by atoms with Gasteiger partial charge in [0, 0.05) is 11.5 Å². The molecule has 0 amide bonds. The summed E-state index contributed by atoms with van der Waals surface area (Å²) in [6.07, 6.45) is 7.15. The van der Waals surface area contributed by atoms with Crippen LogP contribution in [0.2, 0.25) is 0 Å². The first-order valence-electron chi connectivity index (χ1n) is 6.44. The van der Waals surface area contributed by atoms with Gasteiger partial charge in [-0.1, -0.05) is 44.0 Å². The molecule has 1 aromatic rings. The summed E-state index contributed by atoms with van der Waals surface area (Å²) < 4.78 is 0. The predicted molar refractivity (Wildman–Crippen MR) is 66.7 cm³/mol. The van der Waals surface area contributed by atoms with Crippen LogP contribution in [-0.2, 0) is 6.42 Å². The van der Waals surface area contributed by atoms with Gasteiger partial charge in [0.05, 0.1) is 0 Å². The van der Waals surface area contributed by atoms with Gasteiger partial charge >= 0.3 is 0 Å². The second-order valence-corrected chi connectivity index (χ2v) is 4.79. The monoisotopic (exact) mass is 216 g/mol. The van der Waals surface area contributed by atoms with Gasteiger partial charge in [0.2, 0.25) is 0 Å². The van der Waals surface area contributed by atoms with Crippen LogP contribution in [0, 0.1) is 5.92 Å². The molecule has 1 nitrogen and oxygen atoms in total. The van der Waals surface area contributed by atoms with Gasteiger partial charge in [-0.05, 0) is 31.2 Å². The van der Waals surface area contributed by atoms with Gasteiger partial charge in [0.15, 0.2) is 5.78 Å². The molecule has 1 fully saturated rings. The first kappa shape index (κ1) is 11.4. The minimum absolute atomic E-state index is 0.339. The van der Waals surface area contributed by atoms with E-state index >= 15 is 0 Å². The second-order valence-electron chi connectivity index (χ2n) is 4.79. The molecule has 1 aliphatic carbocycles. The van der Waals surface area contributed by atoms with Crippen molar-refractivity contribution in [3.8, 4) is 0 Å². The van der Waals surface area contributed by atoms with Crippen molar-refractivity contribution in [3.05, 3.63) is 35.4 Å². The van der Waals surface area contributed by atoms with E-state index in [-0.39, 0.29) is 0 Å². The van der Waals surface area contributed by atoms with E-state index in [1.165, 1.54) is 24.8 Å². The maximum atomic E-state index is 11.8. The van der Waals surface area contributed by atoms with Crippen molar-refractivity contribution in [2.24, 2.45) is 5.92 Å². The highest BCUT2D eigenvalue weighted by molar-refractivity contribution is 5.99. The molecule has 0 unspecified atom stereocenters. The standard InChI is InChI=1S/C15H20O/c1-2-3-4-5-12-6-8-13(9-7-12)15(16)14-10-11-14/h6-9,14H,2-5,10-11H2,1H3. The summed E-state index contributed by atoms with van der Waals surface area (Å²) in [6, 6.07) is 8.24. The Balaban J connectivity index is 1.90. The zero-order valence-corrected chi connectivity index (χ0v) is 10.0. The Bertz CT molecular complexity index is 346. The molecule has 86 valence electrons. The summed E-state index contributed by atoms with van der Waals surface area (Å²) in [4.78, 5) is 11.8. The van der Waals surface area contributed by atoms with E-state index in [2.05, 4.69) is 19.1 Å². The fourth-order valence-electron chi connectivity index (χ4n) is 2.00. The summed E-state index contributed by atoms with van der Waals surface area (Å²) in [5, 5.41) is 0. The quantitative estimate of drug-likeness (QED) is 0.518. The van der Waals surface area contributed by atoms with Gasteiger partial charge in [-0.3, -0.25) is 4.79 Å². The largest absolute Gasteiger partial charge is 0.294 e. The topological polar surface area (TPSA) is 17.1 Å². The van der Waals surface area contributed by atoms with Crippen molar-refractivity contribution < 1.29 is 4.79 Å². The lowest BCUT2D eigenvalue weighted by molar-refractivity contribution is 0.0967. The Kier molecular flexibility index (Phi) is 3.76. The maximum absolute atomic E-state index is 11.8. The smallest absolute Gasteiger partial charge is 0.165 e. The first-order valence-corrected chi connectivity index (χ1v) is 6.44. The number of aryl methyl sites for hydroxylation is 1. The molecule has 0 heterocycles. The number of carbonyl (C=O) groups excluding carboxylic acids is 1. The van der Waals surface area contributed by atoms with Crippen LogP contribution in [0.5, 0.6) is 0 Å². The second kappa shape index (κ2) is 5.29. The fraction of sp³-hybridized carbons (Fsp3) is 0.533. The molecule has 1 saturated carbocycles. The molecule has 1 aromatic carbocycles. The van der Waals surface area contributed by atoms with Crippen molar-refractivity contribution in [3.63, 3.8) is 0 Å². The van der Waals surface area contributed by atoms with Crippen LogP contribution in [0.3, 0.4) is 0 Å². The molecule has 0 aliphatic heterocycles. The normalized spacial score (nSPS) is 15.1. The molecule has 2 rings (SSSR count). The van der Waals surface area contributed by atoms with Crippen molar-refractivity contribution in [2.75, 3.05) is 0 Å². The number of ketones is 1. The third-order valence-electron chi connectivity index (χ3n) is 3.26. The van der Waals surface area contributed by atoms with Gasteiger partial charge in [-0.15, -0.1) is 0 Å². The Morgan fingerprint density at radius 1 is 1.19 bits per heavy atom. The summed E-state index contributed by atoms with van der Waals surface area (Å²) in [6.45, 7) is 2.22. The molecule has 0 atom stereocenters. The van der Waals surface area contributed by atoms with Crippen LogP contribution in [0.1, 0.15) is 54.9 Å². The number of unbranched alkanes of at least 4 members (excludes halogenated alkanes) is 2. The summed E-state index contributed by atoms with van der Waals surface area (Å²) in [7, 11) is 0. The highest BCUT2D eigenvalue weighted by Gasteiger charge is 2.30. The molecule has 16 heavy (non-hydrogen) atoms. The van der Waals surface area contributed by atoms with Gasteiger partial charge in [0.25, 0.3) is 0 Å². The van der Waals surface area contributed by atoms with E-state index in [0.29, 0.717) is 11.7 Å². The molecule has 0 bridgehead atoms. The van der Waals surface area contributed by atoms with Gasteiger partial charge in [-0.2, -0.15) is 0 Å². The fourth-order valence-corrected chi connectivity index (χ4v) is 2.00. The average Bonchev–Trinajstić information content (AvgIpc) is 3.13. The molecule has 1 aliphatic rings. The number of carbonyl (C=O) groups is 1. The highest BCUT2D eigenvalue weighted by Crippen LogP contribution is 2.32. The maximum Gasteiger partial charge on any atom is 0.165 e. The summed E-state index contributed by atoms with van der Waals surface area (Å²) in [5.74, 6) is 0.686. The van der Waals surface area contributed by atoms with Crippen LogP contribution in [0.15, 0.2) is 24.3 Å². The van der Waals surface area contributed by atoms with Crippen molar-refractivity contribution in [1.29, 1.82) is 0 Å². The number of benzene rings is 1. The molecule has 0 radical (unpaired) electrons. The number of rotatable bonds is 6. The average molecular weight is 216 g/mol. The summed E-state index contributed by atoms with van der Waals surface area (Å²) in [5.41, 5.74) is 2.27. The molecule has 0 spiro atoms. The number of Topliss-reactive ketones (excluding diaryl/α,β-unsaturated/α-hetero) is 1. The first-order chi connectivity index (χ1) is 7.81. The van der Waals surface area contributed by atoms with E-state index in [9.17, 15) is 4.79 Å². The van der Waals surface area contributed by atoms with Crippen LogP contribution in [0.4, 0.5) is 0 Å². The Hall–Kier alpha value is -1.11. The minimum atomic E-state index is 0.339. The van der Waals surface area contributed by atoms with Crippen molar-refractivity contribution in [1.82, 2.24) is 0 Å². The Labute approximate surface area is 97.9 Å². The number of hydrogen-bond acceptors (Lipinski definition) is 1. The lowest BCUT2D eigenvalue weighted by atomic mass is 10.0. The lowest BCUT2D eigenvalue weighted by Crippen LogP contribution is -2.01. The van der Waals surface area contributed by atoms with Gasteiger partial charge in [0.1, 0.15) is 0 Å². The SMILES string of the molecule is CCCCCc1ccc(C(=O)C2CC2)cc1. The van der Waals surface area contributed by atoms with Crippen molar-refractivity contribution >= 4 is 5.78 Å². The van der Waals surface area contributed by atoms with Crippen molar-refractivity contribution in [2.45, 2.75) is 45.4 Å². The Morgan fingerprint density at radius 2 is 1.88 bits per heavy atom. The molecular weight excluding hydrogens is 196 g/mol. The van der Waals surface area contributed by atoms with Crippen LogP contribution in [0.25, 0.3) is 0 Å². The highest BCUT2D eigenvalue weighted by atomic mass is 16.1. The third-order valence-corrected chi connectivity index (χ3v) is 3.26. The molecule has 0 N–H and O–H groups in total. The van der Waals surface area contributed by atoms with E-state index in [4.69, 9.17) is 0 Å². The zero-order chi connectivity index (χ0) is 11.4. The van der Waals surface area contributed by atoms with E-state index in [1.54, 1.807) is 0 Å². The summed E-state index contributed by atoms with van der Waals surface area (Å²) >= 11 is 0. The van der Waals surface area contributed by atoms with Gasteiger partial charge < -0.3 is 0 Å². The molecule has 0 saturated heterocycles. The van der Waals surface area contributed by atoms with E-state index < -0.39 is 0 Å². The van der Waals surface area contributed by atoms with Crippen LogP contribution >= 0.6 is 0 Å². The minimum Gasteiger partial charge on any atom is -0.294 e. The molecule has 1 heteroatoms. The van der Waals surface area contributed by atoms with E-state index in [0.717, 1.165) is 24.8 Å².